The average molecular weight is 374 g/mol. The average Bonchev–Trinajstić information content (AvgIpc) is 3.01. The highest BCUT2D eigenvalue weighted by Gasteiger charge is 2.23. The lowest BCUT2D eigenvalue weighted by Gasteiger charge is -2.12. The number of amides is 1. The van der Waals surface area contributed by atoms with Gasteiger partial charge in [-0.05, 0) is 51.1 Å². The van der Waals surface area contributed by atoms with Crippen LogP contribution in [0.1, 0.15) is 28.9 Å². The van der Waals surface area contributed by atoms with Gasteiger partial charge in [0.1, 0.15) is 0 Å². The minimum absolute atomic E-state index is 0.155. The molecule has 0 bridgehead atoms. The molecule has 0 saturated carbocycles. The molecule has 2 aromatic heterocycles. The summed E-state index contributed by atoms with van der Waals surface area (Å²) >= 11 is 5.80. The van der Waals surface area contributed by atoms with Crippen molar-refractivity contribution >= 4 is 34.9 Å². The number of hydrogen-bond donors (Lipinski definition) is 1. The van der Waals surface area contributed by atoms with E-state index in [-0.39, 0.29) is 5.82 Å². The number of aryl methyl sites for hydroxylation is 2. The van der Waals surface area contributed by atoms with E-state index in [4.69, 9.17) is 16.3 Å². The first-order valence-electron chi connectivity index (χ1n) is 7.82. The number of ether oxygens (including phenoxy) is 1. The fourth-order valence-electron chi connectivity index (χ4n) is 2.30. The summed E-state index contributed by atoms with van der Waals surface area (Å²) in [5.41, 5.74) is 2.09. The highest BCUT2D eigenvalue weighted by Crippen LogP contribution is 2.14. The first-order valence-corrected chi connectivity index (χ1v) is 8.20. The number of carbonyl (C=O) groups excluding carboxylic acids is 2. The Hall–Kier alpha value is -3.00. The number of nitrogens with one attached hydrogen (secondary N) is 1. The van der Waals surface area contributed by atoms with E-state index in [1.54, 1.807) is 24.3 Å². The highest BCUT2D eigenvalue weighted by atomic mass is 35.5. The summed E-state index contributed by atoms with van der Waals surface area (Å²) in [6.45, 7) is 5.11. The minimum atomic E-state index is -1.03. The maximum atomic E-state index is 12.2. The first kappa shape index (κ1) is 17.8. The fraction of sp³-hybridized carbons (Fsp3) is 0.235. The molecule has 0 aliphatic carbocycles. The van der Waals surface area contributed by atoms with Gasteiger partial charge in [-0.25, -0.2) is 14.3 Å². The number of hydrogen-bond acceptors (Lipinski definition) is 6. The predicted octanol–water partition coefficient (Wildman–Crippen LogP) is 2.58. The van der Waals surface area contributed by atoms with Gasteiger partial charge in [0.05, 0.1) is 0 Å². The molecule has 8 nitrogen and oxygen atoms in total. The number of carbonyl (C=O) groups is 2. The van der Waals surface area contributed by atoms with Crippen LogP contribution in [0.2, 0.25) is 5.02 Å². The van der Waals surface area contributed by atoms with Crippen molar-refractivity contribution in [3.8, 4) is 0 Å². The third-order valence-electron chi connectivity index (χ3n) is 3.57. The lowest BCUT2D eigenvalue weighted by atomic mass is 10.3. The number of esters is 1. The van der Waals surface area contributed by atoms with E-state index in [9.17, 15) is 9.59 Å². The molecule has 0 saturated heterocycles. The zero-order valence-electron chi connectivity index (χ0n) is 14.4. The van der Waals surface area contributed by atoms with E-state index < -0.39 is 18.0 Å². The molecule has 0 unspecified atom stereocenters. The fourth-order valence-corrected chi connectivity index (χ4v) is 2.42. The quantitative estimate of drug-likeness (QED) is 0.706. The van der Waals surface area contributed by atoms with Gasteiger partial charge in [0.15, 0.2) is 6.10 Å². The summed E-state index contributed by atoms with van der Waals surface area (Å²) in [4.78, 5) is 32.7. The van der Waals surface area contributed by atoms with Crippen LogP contribution < -0.4 is 5.32 Å². The molecule has 3 rings (SSSR count). The van der Waals surface area contributed by atoms with E-state index in [0.29, 0.717) is 16.5 Å². The predicted molar refractivity (Wildman–Crippen MR) is 95.2 cm³/mol. The Kier molecular flexibility index (Phi) is 4.85. The Bertz CT molecular complexity index is 984. The monoisotopic (exact) mass is 373 g/mol. The topological polar surface area (TPSA) is 98.5 Å². The maximum Gasteiger partial charge on any atom is 0.379 e. The number of rotatable bonds is 4. The summed E-state index contributed by atoms with van der Waals surface area (Å²) in [5.74, 6) is -1.13. The standard InChI is InChI=1S/C17H16ClN5O3/c1-9-8-10(2)23-17(19-9)21-14(22-23)16(25)26-11(3)15(24)20-13-6-4-12(18)5-7-13/h4-8,11H,1-3H3,(H,20,24)/t11-/m0/s1. The van der Waals surface area contributed by atoms with Crippen molar-refractivity contribution in [3.05, 3.63) is 52.6 Å². The van der Waals surface area contributed by atoms with Gasteiger partial charge >= 0.3 is 5.97 Å². The first-order chi connectivity index (χ1) is 12.3. The van der Waals surface area contributed by atoms with Crippen LogP contribution in [-0.4, -0.2) is 37.6 Å². The second-order valence-electron chi connectivity index (χ2n) is 5.73. The van der Waals surface area contributed by atoms with Gasteiger partial charge in [-0.1, -0.05) is 11.6 Å². The van der Waals surface area contributed by atoms with Crippen LogP contribution in [0.5, 0.6) is 0 Å². The van der Waals surface area contributed by atoms with Gasteiger partial charge in [0.25, 0.3) is 17.5 Å². The number of benzene rings is 1. The minimum Gasteiger partial charge on any atom is -0.447 e. The lowest BCUT2D eigenvalue weighted by molar-refractivity contribution is -0.123. The number of halogens is 1. The van der Waals surface area contributed by atoms with Crippen LogP contribution in [0, 0.1) is 13.8 Å². The van der Waals surface area contributed by atoms with Gasteiger partial charge in [0, 0.05) is 22.1 Å². The normalized spacial score (nSPS) is 12.0. The summed E-state index contributed by atoms with van der Waals surface area (Å²) < 4.78 is 6.60. The van der Waals surface area contributed by atoms with Crippen LogP contribution in [0.25, 0.3) is 5.78 Å². The molecule has 1 amide bonds. The van der Waals surface area contributed by atoms with Gasteiger partial charge in [0.2, 0.25) is 0 Å². The number of anilines is 1. The smallest absolute Gasteiger partial charge is 0.379 e. The van der Waals surface area contributed by atoms with Gasteiger partial charge in [-0.2, -0.15) is 4.98 Å². The second kappa shape index (κ2) is 7.09. The van der Waals surface area contributed by atoms with Crippen LogP contribution in [0.4, 0.5) is 5.69 Å². The highest BCUT2D eigenvalue weighted by molar-refractivity contribution is 6.30. The molecule has 26 heavy (non-hydrogen) atoms. The van der Waals surface area contributed by atoms with E-state index >= 15 is 0 Å². The van der Waals surface area contributed by atoms with Crippen LogP contribution in [0.15, 0.2) is 30.3 Å². The van der Waals surface area contributed by atoms with Crippen molar-refractivity contribution in [1.82, 2.24) is 19.6 Å². The molecule has 2 heterocycles. The zero-order chi connectivity index (χ0) is 18.8. The molecule has 3 aromatic rings. The van der Waals surface area contributed by atoms with Gasteiger partial charge in [-0.3, -0.25) is 4.79 Å². The lowest BCUT2D eigenvalue weighted by Crippen LogP contribution is -2.30. The molecule has 1 aromatic carbocycles. The molecule has 1 N–H and O–H groups in total. The van der Waals surface area contributed by atoms with E-state index in [1.165, 1.54) is 11.4 Å². The molecule has 0 spiro atoms. The Morgan fingerprint density at radius 2 is 1.88 bits per heavy atom. The van der Waals surface area contributed by atoms with E-state index in [1.807, 2.05) is 19.9 Å². The van der Waals surface area contributed by atoms with Crippen molar-refractivity contribution in [2.24, 2.45) is 0 Å². The zero-order valence-corrected chi connectivity index (χ0v) is 15.1. The molecule has 134 valence electrons. The molecule has 0 radical (unpaired) electrons. The van der Waals surface area contributed by atoms with E-state index in [0.717, 1.165) is 11.4 Å². The van der Waals surface area contributed by atoms with Crippen LogP contribution >= 0.6 is 11.6 Å². The maximum absolute atomic E-state index is 12.2. The molecule has 1 atom stereocenters. The Morgan fingerprint density at radius 3 is 2.58 bits per heavy atom. The molecule has 9 heteroatoms. The number of nitrogens with zero attached hydrogens (tertiary/aromatic N) is 4. The summed E-state index contributed by atoms with van der Waals surface area (Å²) in [6.07, 6.45) is -1.03. The molecular weight excluding hydrogens is 358 g/mol. The third kappa shape index (κ3) is 3.80. The van der Waals surface area contributed by atoms with Crippen molar-refractivity contribution < 1.29 is 14.3 Å². The van der Waals surface area contributed by atoms with Crippen LogP contribution in [-0.2, 0) is 9.53 Å². The Labute approximate surface area is 154 Å². The summed E-state index contributed by atoms with van der Waals surface area (Å²) in [7, 11) is 0. The molecule has 0 aliphatic rings. The number of fused-ring (bicyclic) bond motifs is 1. The van der Waals surface area contributed by atoms with E-state index in [2.05, 4.69) is 20.4 Å². The molecule has 0 fully saturated rings. The summed E-state index contributed by atoms with van der Waals surface area (Å²) in [6, 6.07) is 8.40. The van der Waals surface area contributed by atoms with Crippen molar-refractivity contribution in [3.63, 3.8) is 0 Å². The molecular formula is C17H16ClN5O3. The van der Waals surface area contributed by atoms with Gasteiger partial charge in [-0.15, -0.1) is 5.10 Å². The third-order valence-corrected chi connectivity index (χ3v) is 3.82. The van der Waals surface area contributed by atoms with Crippen molar-refractivity contribution in [2.75, 3.05) is 5.32 Å². The largest absolute Gasteiger partial charge is 0.447 e. The molecule has 0 aliphatic heterocycles. The van der Waals surface area contributed by atoms with Crippen LogP contribution in [0.3, 0.4) is 0 Å². The summed E-state index contributed by atoms with van der Waals surface area (Å²) in [5, 5.41) is 7.27. The SMILES string of the molecule is Cc1cc(C)n2nc(C(=O)O[C@@H](C)C(=O)Nc3ccc(Cl)cc3)nc2n1. The van der Waals surface area contributed by atoms with Gasteiger partial charge < -0.3 is 10.1 Å². The second-order valence-corrected chi connectivity index (χ2v) is 6.17. The number of aromatic nitrogens is 4. The van der Waals surface area contributed by atoms with Crippen molar-refractivity contribution in [1.29, 1.82) is 0 Å². The van der Waals surface area contributed by atoms with Crippen molar-refractivity contribution in [2.45, 2.75) is 26.9 Å². The Morgan fingerprint density at radius 1 is 1.19 bits per heavy atom. The Balaban J connectivity index is 1.69.